The zero-order chi connectivity index (χ0) is 11.7. The molecule has 0 saturated carbocycles. The summed E-state index contributed by atoms with van der Waals surface area (Å²) in [5.74, 6) is 0.896. The van der Waals surface area contributed by atoms with Crippen molar-refractivity contribution in [1.82, 2.24) is 0 Å². The van der Waals surface area contributed by atoms with Gasteiger partial charge in [0.1, 0.15) is 12.4 Å². The van der Waals surface area contributed by atoms with Crippen molar-refractivity contribution in [3.8, 4) is 5.75 Å². The Morgan fingerprint density at radius 3 is 2.47 bits per heavy atom. The number of rotatable bonds is 1. The Morgan fingerprint density at radius 1 is 0.941 bits per heavy atom. The Balaban J connectivity index is 2.10. The summed E-state index contributed by atoms with van der Waals surface area (Å²) in [5.41, 5.74) is 2.20. The van der Waals surface area contributed by atoms with Crippen molar-refractivity contribution < 1.29 is 9.84 Å². The number of benzene rings is 2. The van der Waals surface area contributed by atoms with E-state index in [0.717, 1.165) is 16.9 Å². The van der Waals surface area contributed by atoms with Crippen molar-refractivity contribution in [3.63, 3.8) is 0 Å². The van der Waals surface area contributed by atoms with Gasteiger partial charge < -0.3 is 9.84 Å². The van der Waals surface area contributed by atoms with E-state index in [9.17, 15) is 5.11 Å². The van der Waals surface area contributed by atoms with Gasteiger partial charge in [0.05, 0.1) is 6.10 Å². The molecule has 0 bridgehead atoms. The van der Waals surface area contributed by atoms with E-state index in [2.05, 4.69) is 12.1 Å². The molecule has 86 valence electrons. The predicted octanol–water partition coefficient (Wildman–Crippen LogP) is 2.57. The Kier molecular flexibility index (Phi) is 2.57. The number of aliphatic hydroxyl groups is 1. The summed E-state index contributed by atoms with van der Waals surface area (Å²) in [6.45, 7) is 0.358. The van der Waals surface area contributed by atoms with Crippen molar-refractivity contribution in [3.05, 3.63) is 65.7 Å². The van der Waals surface area contributed by atoms with Crippen LogP contribution < -0.4 is 4.74 Å². The van der Waals surface area contributed by atoms with Gasteiger partial charge in [-0.05, 0) is 11.6 Å². The molecule has 2 nitrogen and oxygen atoms in total. The van der Waals surface area contributed by atoms with E-state index in [0.29, 0.717) is 6.61 Å². The van der Waals surface area contributed by atoms with Crippen molar-refractivity contribution in [2.45, 2.75) is 12.0 Å². The van der Waals surface area contributed by atoms with Gasteiger partial charge in [-0.25, -0.2) is 0 Å². The summed E-state index contributed by atoms with van der Waals surface area (Å²) in [6, 6.07) is 18.0. The molecular formula is C15H14O2. The third-order valence-corrected chi connectivity index (χ3v) is 3.21. The lowest BCUT2D eigenvalue weighted by molar-refractivity contribution is 0.0771. The van der Waals surface area contributed by atoms with Crippen LogP contribution in [-0.2, 0) is 0 Å². The first-order valence-electron chi connectivity index (χ1n) is 5.81. The third-order valence-electron chi connectivity index (χ3n) is 3.21. The van der Waals surface area contributed by atoms with Gasteiger partial charge in [-0.2, -0.15) is 0 Å². The average molecular weight is 226 g/mol. The molecule has 1 aliphatic rings. The molecule has 2 heteroatoms. The van der Waals surface area contributed by atoms with Gasteiger partial charge in [0, 0.05) is 11.5 Å². The minimum absolute atomic E-state index is 0.0150. The van der Waals surface area contributed by atoms with Crippen LogP contribution in [-0.4, -0.2) is 17.8 Å². The quantitative estimate of drug-likeness (QED) is 0.809. The molecule has 2 aromatic carbocycles. The van der Waals surface area contributed by atoms with Crippen molar-refractivity contribution in [2.75, 3.05) is 6.61 Å². The molecule has 0 aromatic heterocycles. The van der Waals surface area contributed by atoms with Crippen LogP contribution in [0.2, 0.25) is 0 Å². The van der Waals surface area contributed by atoms with E-state index >= 15 is 0 Å². The first-order chi connectivity index (χ1) is 8.36. The number of hydrogen-bond donors (Lipinski definition) is 1. The topological polar surface area (TPSA) is 29.5 Å². The molecule has 0 spiro atoms. The zero-order valence-corrected chi connectivity index (χ0v) is 9.41. The summed E-state index contributed by atoms with van der Waals surface area (Å²) < 4.78 is 5.54. The third kappa shape index (κ3) is 1.81. The summed E-state index contributed by atoms with van der Waals surface area (Å²) >= 11 is 0. The molecule has 2 atom stereocenters. The van der Waals surface area contributed by atoms with Crippen LogP contribution >= 0.6 is 0 Å². The molecule has 1 heterocycles. The Bertz CT molecular complexity index is 507. The first-order valence-corrected chi connectivity index (χ1v) is 5.81. The maximum atomic E-state index is 10.1. The SMILES string of the molecule is O[C@@H]1COc2ccccc2C1c1ccccc1. The van der Waals surface area contributed by atoms with Gasteiger partial charge in [0.2, 0.25) is 0 Å². The lowest BCUT2D eigenvalue weighted by Gasteiger charge is -2.30. The Hall–Kier alpha value is -1.80. The lowest BCUT2D eigenvalue weighted by atomic mass is 9.85. The summed E-state index contributed by atoms with van der Waals surface area (Å²) in [5, 5.41) is 10.1. The molecule has 0 saturated heterocycles. The largest absolute Gasteiger partial charge is 0.491 e. The first kappa shape index (κ1) is 10.4. The molecule has 1 unspecified atom stereocenters. The Morgan fingerprint density at radius 2 is 1.65 bits per heavy atom. The lowest BCUT2D eigenvalue weighted by Crippen LogP contribution is -2.31. The molecule has 0 amide bonds. The highest BCUT2D eigenvalue weighted by Gasteiger charge is 2.30. The van der Waals surface area contributed by atoms with E-state index < -0.39 is 6.10 Å². The predicted molar refractivity (Wildman–Crippen MR) is 66.2 cm³/mol. The molecule has 1 aliphatic heterocycles. The van der Waals surface area contributed by atoms with E-state index in [-0.39, 0.29) is 5.92 Å². The molecule has 0 aliphatic carbocycles. The van der Waals surface area contributed by atoms with Crippen molar-refractivity contribution in [2.24, 2.45) is 0 Å². The highest BCUT2D eigenvalue weighted by atomic mass is 16.5. The van der Waals surface area contributed by atoms with Crippen LogP contribution in [0.25, 0.3) is 0 Å². The van der Waals surface area contributed by atoms with Gasteiger partial charge in [0.15, 0.2) is 0 Å². The van der Waals surface area contributed by atoms with Gasteiger partial charge >= 0.3 is 0 Å². The molecule has 3 rings (SSSR count). The molecule has 2 aromatic rings. The monoisotopic (exact) mass is 226 g/mol. The molecule has 17 heavy (non-hydrogen) atoms. The van der Waals surface area contributed by atoms with Crippen LogP contribution in [0.4, 0.5) is 0 Å². The van der Waals surface area contributed by atoms with E-state index in [1.165, 1.54) is 0 Å². The molecule has 0 radical (unpaired) electrons. The average Bonchev–Trinajstić information content (AvgIpc) is 2.39. The number of para-hydroxylation sites is 1. The maximum Gasteiger partial charge on any atom is 0.123 e. The molecule has 1 N–H and O–H groups in total. The minimum atomic E-state index is -0.479. The Labute approximate surface area is 100 Å². The summed E-state index contributed by atoms with van der Waals surface area (Å²) in [7, 11) is 0. The van der Waals surface area contributed by atoms with Gasteiger partial charge in [-0.1, -0.05) is 48.5 Å². The van der Waals surface area contributed by atoms with Crippen LogP contribution in [0.3, 0.4) is 0 Å². The number of fused-ring (bicyclic) bond motifs is 1. The standard InChI is InChI=1S/C15H14O2/c16-13-10-17-14-9-5-4-8-12(14)15(13)11-6-2-1-3-7-11/h1-9,13,15-16H,10H2/t13-,15?/m1/s1. The summed E-state index contributed by atoms with van der Waals surface area (Å²) in [4.78, 5) is 0. The van der Waals surface area contributed by atoms with Crippen molar-refractivity contribution in [1.29, 1.82) is 0 Å². The van der Waals surface area contributed by atoms with Gasteiger partial charge in [-0.15, -0.1) is 0 Å². The number of ether oxygens (including phenoxy) is 1. The highest BCUT2D eigenvalue weighted by molar-refractivity contribution is 5.44. The normalized spacial score (nSPS) is 22.6. The fraction of sp³-hybridized carbons (Fsp3) is 0.200. The van der Waals surface area contributed by atoms with Crippen molar-refractivity contribution >= 4 is 0 Å². The minimum Gasteiger partial charge on any atom is -0.491 e. The highest BCUT2D eigenvalue weighted by Crippen LogP contribution is 2.37. The zero-order valence-electron chi connectivity index (χ0n) is 9.41. The summed E-state index contributed by atoms with van der Waals surface area (Å²) in [6.07, 6.45) is -0.479. The van der Waals surface area contributed by atoms with Crippen LogP contribution in [0.15, 0.2) is 54.6 Å². The van der Waals surface area contributed by atoms with E-state index in [1.54, 1.807) is 0 Å². The molecule has 0 fully saturated rings. The maximum absolute atomic E-state index is 10.1. The smallest absolute Gasteiger partial charge is 0.123 e. The van der Waals surface area contributed by atoms with Crippen LogP contribution in [0, 0.1) is 0 Å². The van der Waals surface area contributed by atoms with E-state index in [1.807, 2.05) is 42.5 Å². The second kappa shape index (κ2) is 4.22. The second-order valence-electron chi connectivity index (χ2n) is 4.30. The fourth-order valence-electron chi connectivity index (χ4n) is 2.41. The van der Waals surface area contributed by atoms with Crippen LogP contribution in [0.5, 0.6) is 5.75 Å². The number of hydrogen-bond acceptors (Lipinski definition) is 2. The fourth-order valence-corrected chi connectivity index (χ4v) is 2.41. The molecular weight excluding hydrogens is 212 g/mol. The van der Waals surface area contributed by atoms with E-state index in [4.69, 9.17) is 4.74 Å². The van der Waals surface area contributed by atoms with Gasteiger partial charge in [0.25, 0.3) is 0 Å². The van der Waals surface area contributed by atoms with Gasteiger partial charge in [-0.3, -0.25) is 0 Å². The number of aliphatic hydroxyl groups excluding tert-OH is 1. The van der Waals surface area contributed by atoms with Crippen LogP contribution in [0.1, 0.15) is 17.0 Å². The second-order valence-corrected chi connectivity index (χ2v) is 4.30.